The number of rotatable bonds is 5. The topological polar surface area (TPSA) is 50.3 Å². The van der Waals surface area contributed by atoms with Crippen LogP contribution in [-0.4, -0.2) is 29.2 Å². The zero-order chi connectivity index (χ0) is 23.5. The number of anilines is 3. The molecule has 1 saturated heterocycles. The monoisotopic (exact) mass is 464 g/mol. The van der Waals surface area contributed by atoms with Gasteiger partial charge in [0.05, 0.1) is 11.1 Å². The van der Waals surface area contributed by atoms with Crippen LogP contribution in [0.4, 0.5) is 30.4 Å². The van der Waals surface area contributed by atoms with Gasteiger partial charge in [-0.05, 0) is 60.7 Å². The van der Waals surface area contributed by atoms with Crippen molar-refractivity contribution in [3.63, 3.8) is 0 Å². The minimum Gasteiger partial charge on any atom is -0.490 e. The van der Waals surface area contributed by atoms with Gasteiger partial charge in [-0.25, -0.2) is 9.97 Å². The number of hydrogen-bond acceptors (Lipinski definition) is 5. The molecule has 2 heterocycles. The number of benzene rings is 3. The Labute approximate surface area is 195 Å². The van der Waals surface area contributed by atoms with Crippen LogP contribution in [0.5, 0.6) is 5.75 Å². The van der Waals surface area contributed by atoms with E-state index in [1.165, 1.54) is 12.1 Å². The van der Waals surface area contributed by atoms with E-state index < -0.39 is 11.7 Å². The number of alkyl halides is 3. The Balaban J connectivity index is 1.16. The first kappa shape index (κ1) is 22.0. The summed E-state index contributed by atoms with van der Waals surface area (Å²) in [7, 11) is 0. The molecule has 1 N–H and O–H groups in total. The van der Waals surface area contributed by atoms with Crippen molar-refractivity contribution in [3.05, 3.63) is 84.7 Å². The molecule has 8 heteroatoms. The first-order valence-corrected chi connectivity index (χ1v) is 11.1. The van der Waals surface area contributed by atoms with E-state index >= 15 is 0 Å². The first-order valence-electron chi connectivity index (χ1n) is 11.1. The maximum atomic E-state index is 12.8. The van der Waals surface area contributed by atoms with Gasteiger partial charge in [-0.3, -0.25) is 0 Å². The molecule has 3 aromatic carbocycles. The average Bonchev–Trinajstić information content (AvgIpc) is 2.86. The minimum atomic E-state index is -4.31. The second kappa shape index (κ2) is 9.21. The predicted molar refractivity (Wildman–Crippen MR) is 127 cm³/mol. The summed E-state index contributed by atoms with van der Waals surface area (Å²) >= 11 is 0. The molecule has 0 saturated carbocycles. The molecular formula is C26H23F3N4O. The molecule has 0 radical (unpaired) electrons. The van der Waals surface area contributed by atoms with Gasteiger partial charge in [-0.1, -0.05) is 12.1 Å². The highest BCUT2D eigenvalue weighted by atomic mass is 19.4. The van der Waals surface area contributed by atoms with Crippen LogP contribution >= 0.6 is 0 Å². The molecule has 5 rings (SSSR count). The maximum absolute atomic E-state index is 12.8. The summed E-state index contributed by atoms with van der Waals surface area (Å²) in [6.07, 6.45) is -1.11. The number of aromatic nitrogens is 2. The summed E-state index contributed by atoms with van der Waals surface area (Å²) in [5.41, 5.74) is 1.95. The van der Waals surface area contributed by atoms with E-state index in [2.05, 4.69) is 20.2 Å². The third-order valence-corrected chi connectivity index (χ3v) is 5.96. The fraction of sp³-hybridized carbons (Fsp3) is 0.231. The first-order chi connectivity index (χ1) is 16.5. The van der Waals surface area contributed by atoms with Gasteiger partial charge in [0.1, 0.15) is 24.0 Å². The van der Waals surface area contributed by atoms with Gasteiger partial charge in [-0.15, -0.1) is 0 Å². The van der Waals surface area contributed by atoms with Crippen LogP contribution in [0.25, 0.3) is 10.9 Å². The number of hydrogen-bond donors (Lipinski definition) is 1. The highest BCUT2D eigenvalue weighted by molar-refractivity contribution is 5.90. The van der Waals surface area contributed by atoms with Gasteiger partial charge in [0.15, 0.2) is 0 Å². The van der Waals surface area contributed by atoms with Gasteiger partial charge in [0.2, 0.25) is 0 Å². The normalized spacial score (nSPS) is 14.9. The van der Waals surface area contributed by atoms with E-state index in [9.17, 15) is 13.2 Å². The molecule has 0 aliphatic carbocycles. The van der Waals surface area contributed by atoms with Crippen LogP contribution in [0.1, 0.15) is 18.4 Å². The number of para-hydroxylation sites is 1. The van der Waals surface area contributed by atoms with Crippen LogP contribution in [0.3, 0.4) is 0 Å². The van der Waals surface area contributed by atoms with E-state index in [0.29, 0.717) is 0 Å². The molecule has 0 bridgehead atoms. The molecule has 4 aromatic rings. The van der Waals surface area contributed by atoms with Crippen molar-refractivity contribution in [2.24, 2.45) is 0 Å². The Morgan fingerprint density at radius 3 is 2.26 bits per heavy atom. The number of halogens is 3. The second-order valence-electron chi connectivity index (χ2n) is 8.24. The van der Waals surface area contributed by atoms with E-state index in [0.717, 1.165) is 71.9 Å². The predicted octanol–water partition coefficient (Wildman–Crippen LogP) is 6.44. The zero-order valence-corrected chi connectivity index (χ0v) is 18.3. The summed E-state index contributed by atoms with van der Waals surface area (Å²) in [4.78, 5) is 10.7. The van der Waals surface area contributed by atoms with Crippen molar-refractivity contribution in [2.45, 2.75) is 25.1 Å². The third kappa shape index (κ3) is 4.90. The van der Waals surface area contributed by atoms with E-state index in [-0.39, 0.29) is 6.10 Å². The molecule has 0 spiro atoms. The lowest BCUT2D eigenvalue weighted by Crippen LogP contribution is -2.38. The Kier molecular flexibility index (Phi) is 5.96. The van der Waals surface area contributed by atoms with Gasteiger partial charge in [0.25, 0.3) is 0 Å². The van der Waals surface area contributed by atoms with E-state index in [1.807, 2.05) is 48.5 Å². The fourth-order valence-electron chi connectivity index (χ4n) is 4.14. The molecule has 0 amide bonds. The van der Waals surface area contributed by atoms with E-state index in [4.69, 9.17) is 4.74 Å². The van der Waals surface area contributed by atoms with Gasteiger partial charge in [0, 0.05) is 42.7 Å². The van der Waals surface area contributed by atoms with Crippen molar-refractivity contribution < 1.29 is 17.9 Å². The zero-order valence-electron chi connectivity index (χ0n) is 18.3. The third-order valence-electron chi connectivity index (χ3n) is 5.96. The van der Waals surface area contributed by atoms with Crippen molar-refractivity contribution in [1.82, 2.24) is 9.97 Å². The largest absolute Gasteiger partial charge is 0.490 e. The maximum Gasteiger partial charge on any atom is 0.416 e. The summed E-state index contributed by atoms with van der Waals surface area (Å²) < 4.78 is 44.5. The number of fused-ring (bicyclic) bond motifs is 1. The van der Waals surface area contributed by atoms with Crippen LogP contribution < -0.4 is 15.0 Å². The smallest absolute Gasteiger partial charge is 0.416 e. The molecule has 1 aliphatic rings. The number of piperidine rings is 1. The summed E-state index contributed by atoms with van der Waals surface area (Å²) in [5, 5.41) is 4.28. The highest BCUT2D eigenvalue weighted by Gasteiger charge is 2.30. The van der Waals surface area contributed by atoms with Gasteiger partial charge >= 0.3 is 6.18 Å². The van der Waals surface area contributed by atoms with Crippen LogP contribution in [-0.2, 0) is 6.18 Å². The summed E-state index contributed by atoms with van der Waals surface area (Å²) in [5.74, 6) is 1.53. The van der Waals surface area contributed by atoms with Gasteiger partial charge < -0.3 is 15.0 Å². The Hall–Kier alpha value is -3.81. The molecule has 0 atom stereocenters. The number of ether oxygens (including phenoxy) is 1. The molecule has 34 heavy (non-hydrogen) atoms. The lowest BCUT2D eigenvalue weighted by atomic mass is 10.1. The molecule has 0 unspecified atom stereocenters. The minimum absolute atomic E-state index is 0.0651. The van der Waals surface area contributed by atoms with Crippen LogP contribution in [0.2, 0.25) is 0 Å². The summed E-state index contributed by atoms with van der Waals surface area (Å²) in [6.45, 7) is 1.47. The number of nitrogens with zero attached hydrogens (tertiary/aromatic N) is 3. The Bertz CT molecular complexity index is 1250. The van der Waals surface area contributed by atoms with E-state index in [1.54, 1.807) is 6.33 Å². The Morgan fingerprint density at radius 1 is 0.853 bits per heavy atom. The second-order valence-corrected chi connectivity index (χ2v) is 8.24. The number of nitrogens with one attached hydrogen (secondary N) is 1. The highest BCUT2D eigenvalue weighted by Crippen LogP contribution is 2.31. The average molecular weight is 464 g/mol. The van der Waals surface area contributed by atoms with Crippen molar-refractivity contribution in [2.75, 3.05) is 23.3 Å². The molecule has 1 fully saturated rings. The quantitative estimate of drug-likeness (QED) is 0.368. The van der Waals surface area contributed by atoms with Crippen LogP contribution in [0, 0.1) is 0 Å². The molecular weight excluding hydrogens is 441 g/mol. The lowest BCUT2D eigenvalue weighted by molar-refractivity contribution is -0.137. The van der Waals surface area contributed by atoms with Crippen molar-refractivity contribution in [1.29, 1.82) is 0 Å². The summed E-state index contributed by atoms with van der Waals surface area (Å²) in [6, 6.07) is 20.9. The molecule has 174 valence electrons. The molecule has 5 nitrogen and oxygen atoms in total. The SMILES string of the molecule is FC(F)(F)c1ccc(N2CCC(Oc3ccc(Nc4ncnc5ccccc45)cc3)CC2)cc1. The Morgan fingerprint density at radius 2 is 1.56 bits per heavy atom. The van der Waals surface area contributed by atoms with Crippen LogP contribution in [0.15, 0.2) is 79.1 Å². The fourth-order valence-corrected chi connectivity index (χ4v) is 4.14. The molecule has 1 aliphatic heterocycles. The standard InChI is InChI=1S/C26H23F3N4O/c27-26(28,29)18-5-9-20(10-6-18)33-15-13-22(14-16-33)34-21-11-7-19(8-12-21)32-25-23-3-1-2-4-24(23)30-17-31-25/h1-12,17,22H,13-16H2,(H,30,31,32). The lowest BCUT2D eigenvalue weighted by Gasteiger charge is -2.33. The van der Waals surface area contributed by atoms with Gasteiger partial charge in [-0.2, -0.15) is 13.2 Å². The molecule has 1 aromatic heterocycles. The van der Waals surface area contributed by atoms with Crippen molar-refractivity contribution in [3.8, 4) is 5.75 Å². The van der Waals surface area contributed by atoms with Crippen molar-refractivity contribution >= 4 is 28.1 Å².